The van der Waals surface area contributed by atoms with E-state index in [1.165, 1.54) is 11.8 Å². The van der Waals surface area contributed by atoms with Crippen molar-refractivity contribution >= 4 is 5.91 Å². The topological polar surface area (TPSA) is 79.9 Å². The summed E-state index contributed by atoms with van der Waals surface area (Å²) in [7, 11) is 0. The second kappa shape index (κ2) is 6.05. The van der Waals surface area contributed by atoms with E-state index in [9.17, 15) is 4.79 Å². The molecule has 0 fully saturated rings. The van der Waals surface area contributed by atoms with Gasteiger partial charge in [0.2, 0.25) is 0 Å². The third kappa shape index (κ3) is 2.65. The second-order valence-corrected chi connectivity index (χ2v) is 6.16. The Balaban J connectivity index is 1.60. The molecule has 0 aliphatic carbocycles. The lowest BCUT2D eigenvalue weighted by Crippen LogP contribution is -2.29. The molecule has 1 aliphatic rings. The first-order valence-electron chi connectivity index (χ1n) is 8.12. The van der Waals surface area contributed by atoms with E-state index in [2.05, 4.69) is 33.5 Å². The number of aromatic nitrogens is 3. The molecule has 0 spiro atoms. The lowest BCUT2D eigenvalue weighted by Gasteiger charge is -2.12. The number of carbonyl (C=O) groups is 1. The fraction of sp³-hybridized carbons (Fsp3) is 0.211. The number of rotatable bonds is 3. The van der Waals surface area contributed by atoms with Crippen LogP contribution >= 0.6 is 0 Å². The Labute approximate surface area is 145 Å². The Morgan fingerprint density at radius 3 is 2.96 bits per heavy atom. The van der Waals surface area contributed by atoms with Crippen LogP contribution in [0.5, 0.6) is 5.75 Å². The van der Waals surface area contributed by atoms with Gasteiger partial charge in [0, 0.05) is 23.5 Å². The van der Waals surface area contributed by atoms with Crippen molar-refractivity contribution in [3.8, 4) is 17.0 Å². The van der Waals surface area contributed by atoms with Gasteiger partial charge in [-0.15, -0.1) is 0 Å². The first-order valence-corrected chi connectivity index (χ1v) is 8.12. The number of pyridine rings is 1. The maximum Gasteiger partial charge on any atom is 0.255 e. The summed E-state index contributed by atoms with van der Waals surface area (Å²) in [5.41, 5.74) is 5.28. The minimum Gasteiger partial charge on any atom is -0.490 e. The van der Waals surface area contributed by atoms with E-state index in [0.717, 1.165) is 22.4 Å². The fourth-order valence-electron chi connectivity index (χ4n) is 3.08. The van der Waals surface area contributed by atoms with Crippen LogP contribution in [0.25, 0.3) is 11.3 Å². The number of aromatic amines is 1. The van der Waals surface area contributed by atoms with Crippen molar-refractivity contribution in [1.82, 2.24) is 20.5 Å². The number of fused-ring (bicyclic) bond motifs is 1. The minimum atomic E-state index is -0.188. The zero-order chi connectivity index (χ0) is 17.4. The quantitative estimate of drug-likeness (QED) is 0.772. The molecule has 3 heterocycles. The number of aryl methyl sites for hydroxylation is 1. The summed E-state index contributed by atoms with van der Waals surface area (Å²) < 4.78 is 5.81. The van der Waals surface area contributed by atoms with Crippen LogP contribution in [0, 0.1) is 13.8 Å². The van der Waals surface area contributed by atoms with Gasteiger partial charge in [0.05, 0.1) is 23.5 Å². The van der Waals surface area contributed by atoms with Crippen LogP contribution in [-0.4, -0.2) is 27.7 Å². The molecule has 2 aromatic heterocycles. The third-order valence-corrected chi connectivity index (χ3v) is 4.62. The molecule has 1 atom stereocenters. The van der Waals surface area contributed by atoms with Gasteiger partial charge < -0.3 is 10.1 Å². The Morgan fingerprint density at radius 2 is 2.16 bits per heavy atom. The predicted molar refractivity (Wildman–Crippen MR) is 93.4 cm³/mol. The summed E-state index contributed by atoms with van der Waals surface area (Å²) in [6, 6.07) is 7.62. The fourth-order valence-corrected chi connectivity index (χ4v) is 3.08. The third-order valence-electron chi connectivity index (χ3n) is 4.62. The smallest absolute Gasteiger partial charge is 0.255 e. The highest BCUT2D eigenvalue weighted by molar-refractivity contribution is 6.00. The standard InChI is InChI=1S/C19H18N4O2/c1-11-5-6-14-16(10-25-18(14)12(11)2)22-19(24)15-9-21-23-17(15)13-4-3-7-20-8-13/h3-9,16H,10H2,1-2H3,(H,21,23)(H,22,24)/t16-/m0/s1. The first kappa shape index (κ1) is 15.4. The molecule has 0 saturated carbocycles. The maximum atomic E-state index is 12.8. The Morgan fingerprint density at radius 1 is 1.28 bits per heavy atom. The molecule has 1 aliphatic heterocycles. The van der Waals surface area contributed by atoms with E-state index < -0.39 is 0 Å². The molecule has 0 radical (unpaired) electrons. The summed E-state index contributed by atoms with van der Waals surface area (Å²) in [5, 5.41) is 9.95. The van der Waals surface area contributed by atoms with E-state index in [1.807, 2.05) is 25.1 Å². The van der Waals surface area contributed by atoms with Crippen LogP contribution in [-0.2, 0) is 0 Å². The summed E-state index contributed by atoms with van der Waals surface area (Å²) in [6.07, 6.45) is 4.93. The zero-order valence-corrected chi connectivity index (χ0v) is 14.0. The lowest BCUT2D eigenvalue weighted by atomic mass is 10.0. The van der Waals surface area contributed by atoms with Crippen LogP contribution in [0.3, 0.4) is 0 Å². The van der Waals surface area contributed by atoms with Crippen LogP contribution in [0.2, 0.25) is 0 Å². The molecule has 4 rings (SSSR count). The molecule has 126 valence electrons. The zero-order valence-electron chi connectivity index (χ0n) is 14.0. The monoisotopic (exact) mass is 334 g/mol. The molecule has 1 aromatic carbocycles. The van der Waals surface area contributed by atoms with Gasteiger partial charge >= 0.3 is 0 Å². The molecule has 0 unspecified atom stereocenters. The Bertz CT molecular complexity index is 934. The largest absolute Gasteiger partial charge is 0.490 e. The number of nitrogens with zero attached hydrogens (tertiary/aromatic N) is 2. The summed E-state index contributed by atoms with van der Waals surface area (Å²) in [6.45, 7) is 4.52. The molecule has 6 heteroatoms. The Hall–Kier alpha value is -3.15. The molecular formula is C19H18N4O2. The summed E-state index contributed by atoms with van der Waals surface area (Å²) in [5.74, 6) is 0.692. The number of nitrogens with one attached hydrogen (secondary N) is 2. The number of H-pyrrole nitrogens is 1. The summed E-state index contributed by atoms with van der Waals surface area (Å²) >= 11 is 0. The van der Waals surface area contributed by atoms with Crippen molar-refractivity contribution in [2.24, 2.45) is 0 Å². The number of hydrogen-bond donors (Lipinski definition) is 2. The average molecular weight is 334 g/mol. The van der Waals surface area contributed by atoms with Gasteiger partial charge in [-0.05, 0) is 37.1 Å². The highest BCUT2D eigenvalue weighted by Gasteiger charge is 2.28. The van der Waals surface area contributed by atoms with Crippen LogP contribution in [0.4, 0.5) is 0 Å². The van der Waals surface area contributed by atoms with Crippen molar-refractivity contribution in [3.63, 3.8) is 0 Å². The second-order valence-electron chi connectivity index (χ2n) is 6.16. The van der Waals surface area contributed by atoms with Gasteiger partial charge in [0.1, 0.15) is 12.4 Å². The first-order chi connectivity index (χ1) is 12.1. The molecule has 3 aromatic rings. The van der Waals surface area contributed by atoms with E-state index in [4.69, 9.17) is 4.74 Å². The highest BCUT2D eigenvalue weighted by atomic mass is 16.5. The predicted octanol–water partition coefficient (Wildman–Crippen LogP) is 2.95. The highest BCUT2D eigenvalue weighted by Crippen LogP contribution is 2.36. The van der Waals surface area contributed by atoms with Gasteiger partial charge in [-0.2, -0.15) is 5.10 Å². The summed E-state index contributed by atoms with van der Waals surface area (Å²) in [4.78, 5) is 16.9. The van der Waals surface area contributed by atoms with Crippen LogP contribution in [0.15, 0.2) is 42.9 Å². The van der Waals surface area contributed by atoms with E-state index in [1.54, 1.807) is 12.4 Å². The van der Waals surface area contributed by atoms with Gasteiger partial charge in [-0.1, -0.05) is 12.1 Å². The molecule has 2 N–H and O–H groups in total. The van der Waals surface area contributed by atoms with Gasteiger partial charge in [-0.25, -0.2) is 0 Å². The number of carbonyl (C=O) groups excluding carboxylic acids is 1. The van der Waals surface area contributed by atoms with Crippen molar-refractivity contribution in [2.45, 2.75) is 19.9 Å². The van der Waals surface area contributed by atoms with Crippen molar-refractivity contribution in [3.05, 3.63) is 65.1 Å². The number of hydrogen-bond acceptors (Lipinski definition) is 4. The molecule has 1 amide bonds. The normalized spacial score (nSPS) is 15.5. The van der Waals surface area contributed by atoms with Crippen molar-refractivity contribution < 1.29 is 9.53 Å². The Kier molecular flexibility index (Phi) is 3.72. The lowest BCUT2D eigenvalue weighted by molar-refractivity contribution is 0.0931. The van der Waals surface area contributed by atoms with Gasteiger partial charge in [0.25, 0.3) is 5.91 Å². The van der Waals surface area contributed by atoms with Crippen LogP contribution < -0.4 is 10.1 Å². The molecule has 0 saturated heterocycles. The average Bonchev–Trinajstić information content (AvgIpc) is 3.26. The van der Waals surface area contributed by atoms with Crippen molar-refractivity contribution in [1.29, 1.82) is 0 Å². The van der Waals surface area contributed by atoms with Gasteiger partial charge in [0.15, 0.2) is 0 Å². The SMILES string of the molecule is Cc1ccc2c(c1C)OC[C@@H]2NC(=O)c1cn[nH]c1-c1cccnc1. The van der Waals surface area contributed by atoms with E-state index in [-0.39, 0.29) is 11.9 Å². The van der Waals surface area contributed by atoms with Gasteiger partial charge in [-0.3, -0.25) is 14.9 Å². The molecule has 25 heavy (non-hydrogen) atoms. The van der Waals surface area contributed by atoms with E-state index >= 15 is 0 Å². The van der Waals surface area contributed by atoms with Crippen LogP contribution in [0.1, 0.15) is 33.1 Å². The van der Waals surface area contributed by atoms with Crippen molar-refractivity contribution in [2.75, 3.05) is 6.61 Å². The number of ether oxygens (including phenoxy) is 1. The molecular weight excluding hydrogens is 316 g/mol. The van der Waals surface area contributed by atoms with E-state index in [0.29, 0.717) is 17.9 Å². The maximum absolute atomic E-state index is 12.8. The number of amides is 1. The number of benzene rings is 1. The molecule has 6 nitrogen and oxygen atoms in total. The minimum absolute atomic E-state index is 0.168. The molecule has 0 bridgehead atoms.